The van der Waals surface area contributed by atoms with E-state index in [1.807, 2.05) is 6.92 Å². The van der Waals surface area contributed by atoms with Crippen molar-refractivity contribution in [3.05, 3.63) is 53.6 Å². The van der Waals surface area contributed by atoms with Crippen LogP contribution in [0.4, 0.5) is 0 Å². The number of hydrogen-bond donors (Lipinski definition) is 6. The molecule has 1 amide bonds. The van der Waals surface area contributed by atoms with Crippen LogP contribution in [-0.2, 0) is 14.8 Å². The Morgan fingerprint density at radius 1 is 1.02 bits per heavy atom. The van der Waals surface area contributed by atoms with Gasteiger partial charge in [0.05, 0.1) is 11.4 Å². The van der Waals surface area contributed by atoms with Gasteiger partial charge in [0, 0.05) is 29.2 Å². The van der Waals surface area contributed by atoms with Crippen molar-refractivity contribution in [1.29, 1.82) is 0 Å². The molecule has 11 heteroatoms. The van der Waals surface area contributed by atoms with Crippen molar-refractivity contribution >= 4 is 21.7 Å². The highest BCUT2D eigenvalue weighted by Gasteiger charge is 2.58. The first-order chi connectivity index (χ1) is 19.1. The maximum Gasteiger partial charge on any atom is 0.241 e. The van der Waals surface area contributed by atoms with Gasteiger partial charge in [-0.05, 0) is 60.1 Å². The molecule has 2 aliphatic carbocycles. The second-order valence-corrected chi connectivity index (χ2v) is 14.2. The number of carbonyl (C=O) groups excluding carboxylic acids is 2. The van der Waals surface area contributed by atoms with E-state index in [0.29, 0.717) is 6.42 Å². The number of benzene rings is 2. The van der Waals surface area contributed by atoms with Crippen molar-refractivity contribution in [1.82, 2.24) is 10.0 Å². The largest absolute Gasteiger partial charge is 0.508 e. The maximum atomic E-state index is 14.1. The highest BCUT2D eigenvalue weighted by atomic mass is 32.2. The summed E-state index contributed by atoms with van der Waals surface area (Å²) in [4.78, 5) is 26.8. The molecule has 0 radical (unpaired) electrons. The van der Waals surface area contributed by atoms with Gasteiger partial charge in [0.25, 0.3) is 0 Å². The Morgan fingerprint density at radius 3 is 2.29 bits per heavy atom. The summed E-state index contributed by atoms with van der Waals surface area (Å²) in [7, 11) is -4.23. The van der Waals surface area contributed by atoms with Gasteiger partial charge in [-0.1, -0.05) is 52.3 Å². The van der Waals surface area contributed by atoms with E-state index in [0.717, 1.165) is 19.3 Å². The van der Waals surface area contributed by atoms with Gasteiger partial charge in [0.15, 0.2) is 12.1 Å². The molecule has 224 valence electrons. The van der Waals surface area contributed by atoms with Crippen LogP contribution in [0.1, 0.15) is 75.6 Å². The Balaban J connectivity index is 1.59. The number of amides is 1. The van der Waals surface area contributed by atoms with E-state index < -0.39 is 46.1 Å². The number of carbonyl (C=O) groups is 2. The molecule has 2 saturated carbocycles. The van der Waals surface area contributed by atoms with Gasteiger partial charge < -0.3 is 25.7 Å². The lowest BCUT2D eigenvalue weighted by molar-refractivity contribution is -0.126. The second kappa shape index (κ2) is 11.4. The molecule has 5 atom stereocenters. The summed E-state index contributed by atoms with van der Waals surface area (Å²) in [5.74, 6) is -2.00. The normalized spacial score (nSPS) is 27.7. The highest BCUT2D eigenvalue weighted by molar-refractivity contribution is 7.89. The Hall–Kier alpha value is -2.99. The lowest BCUT2D eigenvalue weighted by Gasteiger charge is -2.60. The molecular weight excluding hydrogens is 548 g/mol. The van der Waals surface area contributed by atoms with Crippen molar-refractivity contribution in [2.24, 2.45) is 28.6 Å². The Morgan fingerprint density at radius 2 is 1.66 bits per heavy atom. The van der Waals surface area contributed by atoms with E-state index >= 15 is 0 Å². The van der Waals surface area contributed by atoms with Crippen molar-refractivity contribution in [2.75, 3.05) is 6.54 Å². The standard InChI is InChI=1S/C30H40N2O8S/c1-17-22(32-25(35)16-31-41(39,40)23-9-6-5-8-21(23)28(37)38)15-24-29(2,3)10-7-11-30(24,4)26(17)27(36)18-12-19(33)14-20(34)13-18/h5-6,8-9,12-14,17,22,24,26,28,31,33-34,37-38H,7,10-11,15-16H2,1-4H3,(H,32,35)/t17-,22-,24+,26-,30+/m1/s1. The van der Waals surface area contributed by atoms with Gasteiger partial charge >= 0.3 is 0 Å². The number of hydrogen-bond acceptors (Lipinski definition) is 8. The van der Waals surface area contributed by atoms with E-state index in [2.05, 4.69) is 30.8 Å². The average Bonchev–Trinajstić information content (AvgIpc) is 2.87. The summed E-state index contributed by atoms with van der Waals surface area (Å²) in [6, 6.07) is 8.83. The van der Waals surface area contributed by atoms with Gasteiger partial charge in [-0.25, -0.2) is 13.1 Å². The summed E-state index contributed by atoms with van der Waals surface area (Å²) in [6.07, 6.45) is 1.34. The minimum absolute atomic E-state index is 0.0692. The molecule has 0 spiro atoms. The van der Waals surface area contributed by atoms with Crippen LogP contribution >= 0.6 is 0 Å². The lowest BCUT2D eigenvalue weighted by atomic mass is 9.45. The number of aliphatic hydroxyl groups excluding tert-OH is 1. The summed E-state index contributed by atoms with van der Waals surface area (Å²) in [5.41, 5.74) is -0.519. The Bertz CT molecular complexity index is 1400. The molecule has 4 rings (SSSR count). The van der Waals surface area contributed by atoms with Crippen LogP contribution in [0.2, 0.25) is 0 Å². The first-order valence-electron chi connectivity index (χ1n) is 13.9. The molecule has 0 saturated heterocycles. The minimum atomic E-state index is -4.23. The number of fused-ring (bicyclic) bond motifs is 1. The zero-order valence-electron chi connectivity index (χ0n) is 23.8. The van der Waals surface area contributed by atoms with E-state index in [1.54, 1.807) is 0 Å². The molecule has 0 unspecified atom stereocenters. The van der Waals surface area contributed by atoms with Crippen molar-refractivity contribution < 1.29 is 38.4 Å². The van der Waals surface area contributed by atoms with Crippen molar-refractivity contribution in [3.63, 3.8) is 0 Å². The van der Waals surface area contributed by atoms with Crippen LogP contribution in [0.3, 0.4) is 0 Å². The highest BCUT2D eigenvalue weighted by Crippen LogP contribution is 2.61. The third-order valence-corrected chi connectivity index (χ3v) is 10.8. The molecule has 10 nitrogen and oxygen atoms in total. The number of aromatic hydroxyl groups is 2. The molecule has 2 aliphatic rings. The molecule has 41 heavy (non-hydrogen) atoms. The first kappa shape index (κ1) is 31.0. The van der Waals surface area contributed by atoms with E-state index in [1.165, 1.54) is 42.5 Å². The molecule has 0 heterocycles. The third kappa shape index (κ3) is 6.13. The molecular formula is C30H40N2O8S. The fourth-order valence-corrected chi connectivity index (χ4v) is 8.73. The zero-order valence-corrected chi connectivity index (χ0v) is 24.6. The minimum Gasteiger partial charge on any atom is -0.508 e. The Kier molecular flexibility index (Phi) is 8.57. The summed E-state index contributed by atoms with van der Waals surface area (Å²) in [5, 5.41) is 42.2. The zero-order chi connectivity index (χ0) is 30.3. The number of rotatable bonds is 8. The number of ketones is 1. The number of nitrogens with one attached hydrogen (secondary N) is 2. The van der Waals surface area contributed by atoms with E-state index in [9.17, 15) is 38.4 Å². The number of phenolic OH excluding ortho intramolecular Hbond substituents is 2. The van der Waals surface area contributed by atoms with Gasteiger partial charge in [0.1, 0.15) is 11.5 Å². The molecule has 2 aromatic rings. The number of sulfonamides is 1. The first-order valence-corrected chi connectivity index (χ1v) is 15.4. The smallest absolute Gasteiger partial charge is 0.241 e. The molecule has 2 fully saturated rings. The van der Waals surface area contributed by atoms with Crippen LogP contribution in [0.5, 0.6) is 11.5 Å². The number of Topliss-reactive ketones (excluding diaryl/α,β-unsaturated/α-hetero) is 1. The third-order valence-electron chi connectivity index (χ3n) is 9.36. The Labute approximate surface area is 240 Å². The van der Waals surface area contributed by atoms with Crippen molar-refractivity contribution in [3.8, 4) is 11.5 Å². The fourth-order valence-electron chi connectivity index (χ4n) is 7.51. The fraction of sp³-hybridized carbons (Fsp3) is 0.533. The van der Waals surface area contributed by atoms with Crippen molar-refractivity contribution in [2.45, 2.75) is 70.6 Å². The quantitative estimate of drug-likeness (QED) is 0.201. The van der Waals surface area contributed by atoms with Gasteiger partial charge in [0.2, 0.25) is 15.9 Å². The summed E-state index contributed by atoms with van der Waals surface area (Å²) >= 11 is 0. The van der Waals surface area contributed by atoms with Crippen LogP contribution < -0.4 is 10.0 Å². The number of aliphatic hydroxyl groups is 2. The maximum absolute atomic E-state index is 14.1. The van der Waals surface area contributed by atoms with E-state index in [4.69, 9.17) is 0 Å². The number of phenols is 2. The lowest BCUT2D eigenvalue weighted by Crippen LogP contribution is -2.61. The SMILES string of the molecule is C[C@@H]1[C@H](NC(=O)CNS(=O)(=O)c2ccccc2C(O)O)C[C@H]2C(C)(C)CCC[C@]2(C)[C@H]1C(=O)c1cc(O)cc(O)c1. The van der Waals surface area contributed by atoms with Gasteiger partial charge in [-0.15, -0.1) is 0 Å². The van der Waals surface area contributed by atoms with Gasteiger partial charge in [-0.3, -0.25) is 9.59 Å². The molecule has 0 aromatic heterocycles. The summed E-state index contributed by atoms with van der Waals surface area (Å²) < 4.78 is 28.0. The van der Waals surface area contributed by atoms with E-state index in [-0.39, 0.29) is 50.6 Å². The summed E-state index contributed by atoms with van der Waals surface area (Å²) in [6.45, 7) is 7.80. The molecule has 2 aromatic carbocycles. The van der Waals surface area contributed by atoms with Crippen LogP contribution in [0.25, 0.3) is 0 Å². The molecule has 6 N–H and O–H groups in total. The van der Waals surface area contributed by atoms with Crippen LogP contribution in [-0.4, -0.2) is 53.1 Å². The monoisotopic (exact) mass is 588 g/mol. The second-order valence-electron chi connectivity index (χ2n) is 12.5. The topological polar surface area (TPSA) is 173 Å². The predicted octanol–water partition coefficient (Wildman–Crippen LogP) is 3.22. The molecule has 0 aliphatic heterocycles. The predicted molar refractivity (Wildman–Crippen MR) is 151 cm³/mol. The molecule has 0 bridgehead atoms. The van der Waals surface area contributed by atoms with Gasteiger partial charge in [-0.2, -0.15) is 0 Å². The average molecular weight is 589 g/mol. The van der Waals surface area contributed by atoms with Crippen LogP contribution in [0.15, 0.2) is 47.4 Å². The van der Waals surface area contributed by atoms with Crippen LogP contribution in [0, 0.1) is 28.6 Å².